The smallest absolute Gasteiger partial charge is 0.251 e. The molecule has 0 unspecified atom stereocenters. The Morgan fingerprint density at radius 3 is 2.59 bits per heavy atom. The number of nitrogens with zero attached hydrogens (tertiary/aromatic N) is 2. The maximum absolute atomic E-state index is 14.6. The lowest BCUT2D eigenvalue weighted by Crippen LogP contribution is -2.46. The Morgan fingerprint density at radius 1 is 1.14 bits per heavy atom. The minimum absolute atomic E-state index is 0.0977. The van der Waals surface area contributed by atoms with Gasteiger partial charge < -0.3 is 25.6 Å². The Bertz CT molecular complexity index is 1790. The number of aliphatic hydroxyl groups is 1. The average molecular weight is 601 g/mol. The van der Waals surface area contributed by atoms with Gasteiger partial charge in [-0.3, -0.25) is 14.6 Å². The minimum Gasteiger partial charge on any atom is -0.489 e. The molecule has 2 aromatic heterocycles. The number of nitrogens with one attached hydrogen (secondary N) is 1. The molecule has 1 aliphatic heterocycles. The van der Waals surface area contributed by atoms with Crippen molar-refractivity contribution in [2.45, 2.75) is 42.8 Å². The number of pyridine rings is 2. The number of aromatic nitrogens is 2. The van der Waals surface area contributed by atoms with Crippen LogP contribution in [0.25, 0.3) is 22.2 Å². The highest BCUT2D eigenvalue weighted by molar-refractivity contribution is 6.00. The number of benzene rings is 2. The van der Waals surface area contributed by atoms with Crippen LogP contribution in [0.2, 0.25) is 0 Å². The third kappa shape index (κ3) is 4.81. The summed E-state index contributed by atoms with van der Waals surface area (Å²) in [6, 6.07) is 13.9. The van der Waals surface area contributed by atoms with Crippen LogP contribution < -0.4 is 20.5 Å². The normalized spacial score (nSPS) is 20.4. The van der Waals surface area contributed by atoms with Gasteiger partial charge in [-0.2, -0.15) is 0 Å². The monoisotopic (exact) mass is 600 g/mol. The van der Waals surface area contributed by atoms with Crippen molar-refractivity contribution in [3.8, 4) is 22.8 Å². The van der Waals surface area contributed by atoms with Gasteiger partial charge in [-0.05, 0) is 80.1 Å². The first-order valence-electron chi connectivity index (χ1n) is 14.6. The van der Waals surface area contributed by atoms with E-state index in [1.165, 1.54) is 30.3 Å². The Morgan fingerprint density at radius 2 is 1.91 bits per heavy atom. The number of primary amides is 1. The molecule has 3 heterocycles. The lowest BCUT2D eigenvalue weighted by Gasteiger charge is -2.30. The molecule has 0 spiro atoms. The third-order valence-corrected chi connectivity index (χ3v) is 8.73. The van der Waals surface area contributed by atoms with Crippen molar-refractivity contribution in [2.24, 2.45) is 11.7 Å². The number of amides is 2. The maximum Gasteiger partial charge on any atom is 0.251 e. The molecule has 2 aliphatic carbocycles. The first kappa shape index (κ1) is 28.1. The van der Waals surface area contributed by atoms with Crippen molar-refractivity contribution in [1.82, 2.24) is 15.3 Å². The topological polar surface area (TPSA) is 137 Å². The Hall–Kier alpha value is -4.64. The SMILES string of the molecule is NC(=O)[C@]1(CF)COc2c1cc([C@@](O)(CNC(=O)c1cc(OC3CC3)c3ncccc3c1)C1CC1)nc2-c1ccc(F)cc1. The number of carbonyl (C=O) groups is 2. The van der Waals surface area contributed by atoms with Crippen molar-refractivity contribution in [2.75, 3.05) is 19.8 Å². The first-order valence-corrected chi connectivity index (χ1v) is 14.6. The van der Waals surface area contributed by atoms with E-state index in [0.29, 0.717) is 35.2 Å². The molecule has 226 valence electrons. The average Bonchev–Trinajstić information content (AvgIpc) is 3.98. The molecule has 2 fully saturated rings. The highest BCUT2D eigenvalue weighted by Gasteiger charge is 2.52. The number of hydrogen-bond acceptors (Lipinski definition) is 7. The highest BCUT2D eigenvalue weighted by atomic mass is 19.1. The number of alkyl halides is 1. The third-order valence-electron chi connectivity index (χ3n) is 8.73. The number of rotatable bonds is 10. The number of hydrogen-bond donors (Lipinski definition) is 3. The summed E-state index contributed by atoms with van der Waals surface area (Å²) in [5, 5.41) is 15.8. The molecule has 9 nitrogen and oxygen atoms in total. The largest absolute Gasteiger partial charge is 0.489 e. The summed E-state index contributed by atoms with van der Waals surface area (Å²) in [7, 11) is 0. The van der Waals surface area contributed by atoms with Crippen LogP contribution in [0.4, 0.5) is 8.78 Å². The fraction of sp³-hybridized carbons (Fsp3) is 0.333. The number of halogens is 2. The summed E-state index contributed by atoms with van der Waals surface area (Å²) < 4.78 is 40.2. The molecule has 2 saturated carbocycles. The fourth-order valence-corrected chi connectivity index (χ4v) is 5.78. The first-order chi connectivity index (χ1) is 21.2. The summed E-state index contributed by atoms with van der Waals surface area (Å²) in [6.07, 6.45) is 4.98. The van der Waals surface area contributed by atoms with Gasteiger partial charge in [-0.25, -0.2) is 13.8 Å². The van der Waals surface area contributed by atoms with Gasteiger partial charge in [0.1, 0.15) is 52.8 Å². The van der Waals surface area contributed by atoms with Crippen molar-refractivity contribution in [1.29, 1.82) is 0 Å². The van der Waals surface area contributed by atoms with E-state index >= 15 is 0 Å². The van der Waals surface area contributed by atoms with Crippen molar-refractivity contribution in [3.63, 3.8) is 0 Å². The summed E-state index contributed by atoms with van der Waals surface area (Å²) in [5.41, 5.74) is 4.17. The lowest BCUT2D eigenvalue weighted by molar-refractivity contribution is -0.124. The van der Waals surface area contributed by atoms with Gasteiger partial charge in [0.05, 0.1) is 18.3 Å². The van der Waals surface area contributed by atoms with Crippen LogP contribution in [0.1, 0.15) is 47.3 Å². The van der Waals surface area contributed by atoms with Gasteiger partial charge in [0.2, 0.25) is 5.91 Å². The van der Waals surface area contributed by atoms with Gasteiger partial charge in [-0.15, -0.1) is 0 Å². The molecule has 2 aromatic carbocycles. The standard InChI is InChI=1S/C33H30F2N4O5/c34-15-32(31(36)41)17-43-29-24(32)14-26(39-28(29)18-3-7-22(35)8-4-18)33(42,21-5-6-21)16-38-30(40)20-12-19-2-1-11-37-27(19)25(13-20)44-23-9-10-23/h1-4,7-8,11-14,21,23,42H,5-6,9-10,15-17H2,(H2,36,41)(H,38,40)/t32-,33-/m1/s1. The Kier molecular flexibility index (Phi) is 6.73. The molecule has 0 radical (unpaired) electrons. The molecule has 4 N–H and O–H groups in total. The van der Waals surface area contributed by atoms with Crippen LogP contribution in [-0.2, 0) is 15.8 Å². The summed E-state index contributed by atoms with van der Waals surface area (Å²) in [4.78, 5) is 35.3. The zero-order valence-corrected chi connectivity index (χ0v) is 23.7. The molecule has 4 aromatic rings. The van der Waals surface area contributed by atoms with E-state index in [2.05, 4.69) is 10.3 Å². The lowest BCUT2D eigenvalue weighted by atomic mass is 9.80. The fourth-order valence-electron chi connectivity index (χ4n) is 5.78. The molecular weight excluding hydrogens is 570 g/mol. The van der Waals surface area contributed by atoms with Gasteiger partial charge in [-0.1, -0.05) is 6.07 Å². The summed E-state index contributed by atoms with van der Waals surface area (Å²) >= 11 is 0. The predicted molar refractivity (Wildman–Crippen MR) is 156 cm³/mol. The van der Waals surface area contributed by atoms with E-state index in [1.807, 2.05) is 6.07 Å². The minimum atomic E-state index is -1.79. The second kappa shape index (κ2) is 10.5. The molecule has 2 atom stereocenters. The van der Waals surface area contributed by atoms with E-state index in [0.717, 1.165) is 18.2 Å². The molecule has 3 aliphatic rings. The van der Waals surface area contributed by atoms with E-state index in [-0.39, 0.29) is 47.9 Å². The van der Waals surface area contributed by atoms with Crippen LogP contribution >= 0.6 is 0 Å². The highest BCUT2D eigenvalue weighted by Crippen LogP contribution is 2.50. The van der Waals surface area contributed by atoms with Crippen molar-refractivity contribution < 1.29 is 33.0 Å². The maximum atomic E-state index is 14.6. The van der Waals surface area contributed by atoms with E-state index in [4.69, 9.17) is 20.2 Å². The molecule has 0 bridgehead atoms. The van der Waals surface area contributed by atoms with Crippen LogP contribution in [0.3, 0.4) is 0 Å². The molecule has 7 rings (SSSR count). The van der Waals surface area contributed by atoms with Crippen molar-refractivity contribution >= 4 is 22.7 Å². The second-order valence-electron chi connectivity index (χ2n) is 11.9. The molecular formula is C33H30F2N4O5. The molecule has 11 heteroatoms. The Balaban J connectivity index is 1.26. The van der Waals surface area contributed by atoms with Gasteiger partial charge in [0.15, 0.2) is 0 Å². The second-order valence-corrected chi connectivity index (χ2v) is 11.9. The van der Waals surface area contributed by atoms with Gasteiger partial charge in [0, 0.05) is 28.3 Å². The van der Waals surface area contributed by atoms with E-state index in [1.54, 1.807) is 24.4 Å². The van der Waals surface area contributed by atoms with Crippen molar-refractivity contribution in [3.05, 3.63) is 83.4 Å². The predicted octanol–water partition coefficient (Wildman–Crippen LogP) is 4.09. The zero-order valence-electron chi connectivity index (χ0n) is 23.7. The van der Waals surface area contributed by atoms with E-state index < -0.39 is 35.3 Å². The molecule has 0 saturated heterocycles. The molecule has 2 amide bonds. The van der Waals surface area contributed by atoms with Gasteiger partial charge in [0.25, 0.3) is 5.91 Å². The van der Waals surface area contributed by atoms with Crippen LogP contribution in [0, 0.1) is 11.7 Å². The van der Waals surface area contributed by atoms with Crippen LogP contribution in [0.5, 0.6) is 11.5 Å². The van der Waals surface area contributed by atoms with E-state index in [9.17, 15) is 23.5 Å². The van der Waals surface area contributed by atoms with Crippen LogP contribution in [0.15, 0.2) is 60.8 Å². The Labute approximate surface area is 251 Å². The summed E-state index contributed by atoms with van der Waals surface area (Å²) in [5.74, 6) is -1.42. The van der Waals surface area contributed by atoms with Crippen LogP contribution in [-0.4, -0.2) is 52.8 Å². The zero-order chi connectivity index (χ0) is 30.6. The van der Waals surface area contributed by atoms with Gasteiger partial charge >= 0.3 is 0 Å². The number of nitrogens with two attached hydrogens (primary N) is 1. The molecule has 44 heavy (non-hydrogen) atoms. The quantitative estimate of drug-likeness (QED) is 0.249. The summed E-state index contributed by atoms with van der Waals surface area (Å²) in [6.45, 7) is -1.68. The number of fused-ring (bicyclic) bond motifs is 2. The number of carbonyl (C=O) groups excluding carboxylic acids is 2. The number of ether oxygens (including phenoxy) is 2.